The van der Waals surface area contributed by atoms with Crippen LogP contribution in [-0.4, -0.2) is 31.9 Å². The lowest BCUT2D eigenvalue weighted by Crippen LogP contribution is -2.44. The van der Waals surface area contributed by atoms with Crippen LogP contribution in [0.2, 0.25) is 0 Å². The molecule has 0 saturated carbocycles. The molecule has 1 rings (SSSR count). The zero-order valence-corrected chi connectivity index (χ0v) is 13.4. The zero-order chi connectivity index (χ0) is 14.5. The monoisotopic (exact) mass is 333 g/mol. The number of ether oxygens (including phenoxy) is 2. The first kappa shape index (κ1) is 16.4. The average Bonchev–Trinajstić information content (AvgIpc) is 2.23. The number of hydrogen-bond acceptors (Lipinski definition) is 3. The van der Waals surface area contributed by atoms with Gasteiger partial charge in [-0.15, -0.1) is 0 Å². The molecule has 108 valence electrons. The van der Waals surface area contributed by atoms with Gasteiger partial charge in [-0.3, -0.25) is 0 Å². The molecule has 1 aromatic rings. The summed E-state index contributed by atoms with van der Waals surface area (Å²) in [6.07, 6.45) is -0.169. The first-order valence-electron chi connectivity index (χ1n) is 6.17. The quantitative estimate of drug-likeness (QED) is 0.865. The van der Waals surface area contributed by atoms with Gasteiger partial charge in [0, 0.05) is 29.7 Å². The third-order valence-corrected chi connectivity index (χ3v) is 2.81. The Bertz CT molecular complexity index is 387. The van der Waals surface area contributed by atoms with Crippen LogP contribution in [0, 0.1) is 5.82 Å². The maximum atomic E-state index is 13.3. The highest BCUT2D eigenvalue weighted by molar-refractivity contribution is 9.10. The van der Waals surface area contributed by atoms with Crippen LogP contribution in [0.5, 0.6) is 5.75 Å². The first-order valence-corrected chi connectivity index (χ1v) is 6.96. The summed E-state index contributed by atoms with van der Waals surface area (Å²) in [6.45, 7) is 7.31. The summed E-state index contributed by atoms with van der Waals surface area (Å²) in [5.41, 5.74) is -0.00211. The van der Waals surface area contributed by atoms with E-state index in [1.807, 2.05) is 0 Å². The molecular weight excluding hydrogens is 313 g/mol. The van der Waals surface area contributed by atoms with E-state index in [4.69, 9.17) is 9.47 Å². The Labute approximate surface area is 122 Å². The number of benzene rings is 1. The van der Waals surface area contributed by atoms with Gasteiger partial charge in [0.1, 0.15) is 17.7 Å². The minimum absolute atomic E-state index is 0.00211. The summed E-state index contributed by atoms with van der Waals surface area (Å²) in [5, 5.41) is 3.35. The van der Waals surface area contributed by atoms with Gasteiger partial charge in [-0.25, -0.2) is 4.39 Å². The van der Waals surface area contributed by atoms with Crippen LogP contribution in [0.25, 0.3) is 0 Å². The van der Waals surface area contributed by atoms with Gasteiger partial charge in [0.25, 0.3) is 0 Å². The van der Waals surface area contributed by atoms with Crippen LogP contribution in [0.4, 0.5) is 4.39 Å². The van der Waals surface area contributed by atoms with Crippen molar-refractivity contribution in [3.63, 3.8) is 0 Å². The van der Waals surface area contributed by atoms with Crippen molar-refractivity contribution in [2.24, 2.45) is 0 Å². The highest BCUT2D eigenvalue weighted by atomic mass is 79.9. The van der Waals surface area contributed by atoms with Gasteiger partial charge in [0.05, 0.1) is 6.61 Å². The Kier molecular flexibility index (Phi) is 6.23. The molecule has 0 spiro atoms. The van der Waals surface area contributed by atoms with E-state index in [1.54, 1.807) is 13.2 Å². The highest BCUT2D eigenvalue weighted by Gasteiger charge is 2.16. The van der Waals surface area contributed by atoms with Gasteiger partial charge in [-0.1, -0.05) is 15.9 Å². The molecule has 1 N–H and O–H groups in total. The van der Waals surface area contributed by atoms with E-state index in [0.29, 0.717) is 23.4 Å². The molecule has 5 heteroatoms. The van der Waals surface area contributed by atoms with Crippen LogP contribution in [0.3, 0.4) is 0 Å². The van der Waals surface area contributed by atoms with Gasteiger partial charge in [0.2, 0.25) is 0 Å². The molecule has 0 aromatic heterocycles. The fraction of sp³-hybridized carbons (Fsp3) is 0.571. The molecule has 0 saturated heterocycles. The summed E-state index contributed by atoms with van der Waals surface area (Å²) < 4.78 is 24.8. The van der Waals surface area contributed by atoms with Crippen molar-refractivity contribution in [3.05, 3.63) is 28.5 Å². The first-order chi connectivity index (χ1) is 8.80. The van der Waals surface area contributed by atoms with Crippen molar-refractivity contribution in [1.82, 2.24) is 5.32 Å². The van der Waals surface area contributed by atoms with E-state index in [-0.39, 0.29) is 17.5 Å². The van der Waals surface area contributed by atoms with Gasteiger partial charge >= 0.3 is 0 Å². The number of methoxy groups -OCH3 is 1. The average molecular weight is 334 g/mol. The molecule has 0 fully saturated rings. The molecule has 0 bridgehead atoms. The Morgan fingerprint density at radius 2 is 2.00 bits per heavy atom. The lowest BCUT2D eigenvalue weighted by molar-refractivity contribution is 0.0762. The van der Waals surface area contributed by atoms with Crippen LogP contribution < -0.4 is 10.1 Å². The summed E-state index contributed by atoms with van der Waals surface area (Å²) in [4.78, 5) is 0. The molecule has 0 aliphatic carbocycles. The van der Waals surface area contributed by atoms with Crippen LogP contribution in [-0.2, 0) is 4.74 Å². The normalized spacial score (nSPS) is 13.4. The third kappa shape index (κ3) is 6.89. The smallest absolute Gasteiger partial charge is 0.134 e. The van der Waals surface area contributed by atoms with E-state index < -0.39 is 0 Å². The fourth-order valence-corrected chi connectivity index (χ4v) is 1.97. The largest absolute Gasteiger partial charge is 0.487 e. The molecule has 0 aliphatic heterocycles. The van der Waals surface area contributed by atoms with Crippen molar-refractivity contribution < 1.29 is 13.9 Å². The van der Waals surface area contributed by atoms with Crippen molar-refractivity contribution in [2.45, 2.75) is 32.4 Å². The lowest BCUT2D eigenvalue weighted by atomic mass is 10.1. The standard InChI is InChI=1S/C14H21BrFNO2/c1-14(2,3)17-8-13(9-18-4)19-12-6-10(15)5-11(16)7-12/h5-7,13,17H,8-9H2,1-4H3. The van der Waals surface area contributed by atoms with Gasteiger partial charge in [-0.05, 0) is 32.9 Å². The molecule has 0 heterocycles. The van der Waals surface area contributed by atoms with Crippen LogP contribution >= 0.6 is 15.9 Å². The van der Waals surface area contributed by atoms with Crippen LogP contribution in [0.15, 0.2) is 22.7 Å². The Morgan fingerprint density at radius 1 is 1.32 bits per heavy atom. The van der Waals surface area contributed by atoms with Crippen molar-refractivity contribution in [2.75, 3.05) is 20.3 Å². The summed E-state index contributed by atoms with van der Waals surface area (Å²) in [5.74, 6) is 0.161. The molecule has 1 aromatic carbocycles. The maximum absolute atomic E-state index is 13.3. The fourth-order valence-electron chi connectivity index (χ4n) is 1.53. The molecule has 0 radical (unpaired) electrons. The summed E-state index contributed by atoms with van der Waals surface area (Å²) >= 11 is 3.25. The van der Waals surface area contributed by atoms with Crippen molar-refractivity contribution >= 4 is 15.9 Å². The number of nitrogens with one attached hydrogen (secondary N) is 1. The van der Waals surface area contributed by atoms with Gasteiger partial charge < -0.3 is 14.8 Å². The lowest BCUT2D eigenvalue weighted by Gasteiger charge is -2.25. The predicted octanol–water partition coefficient (Wildman–Crippen LogP) is 3.37. The minimum atomic E-state index is -0.329. The SMILES string of the molecule is COCC(CNC(C)(C)C)Oc1cc(F)cc(Br)c1. The van der Waals surface area contributed by atoms with E-state index in [0.717, 1.165) is 0 Å². The number of hydrogen-bond donors (Lipinski definition) is 1. The van der Waals surface area contributed by atoms with E-state index in [2.05, 4.69) is 42.0 Å². The molecule has 1 atom stereocenters. The topological polar surface area (TPSA) is 30.5 Å². The second kappa shape index (κ2) is 7.22. The van der Waals surface area contributed by atoms with Gasteiger partial charge in [-0.2, -0.15) is 0 Å². The Morgan fingerprint density at radius 3 is 2.53 bits per heavy atom. The van der Waals surface area contributed by atoms with E-state index in [1.165, 1.54) is 12.1 Å². The van der Waals surface area contributed by atoms with E-state index >= 15 is 0 Å². The zero-order valence-electron chi connectivity index (χ0n) is 11.8. The predicted molar refractivity (Wildman–Crippen MR) is 78.1 cm³/mol. The molecule has 19 heavy (non-hydrogen) atoms. The van der Waals surface area contributed by atoms with Crippen molar-refractivity contribution in [1.29, 1.82) is 0 Å². The summed E-state index contributed by atoms with van der Waals surface area (Å²) in [6, 6.07) is 4.50. The molecule has 1 unspecified atom stereocenters. The molecule has 0 aliphatic rings. The second-order valence-corrected chi connectivity index (χ2v) is 6.35. The van der Waals surface area contributed by atoms with Gasteiger partial charge in [0.15, 0.2) is 0 Å². The summed E-state index contributed by atoms with van der Waals surface area (Å²) in [7, 11) is 1.62. The van der Waals surface area contributed by atoms with Crippen LogP contribution in [0.1, 0.15) is 20.8 Å². The second-order valence-electron chi connectivity index (χ2n) is 5.43. The molecular formula is C14H21BrFNO2. The molecule has 3 nitrogen and oxygen atoms in total. The van der Waals surface area contributed by atoms with Crippen molar-refractivity contribution in [3.8, 4) is 5.75 Å². The minimum Gasteiger partial charge on any atom is -0.487 e. The maximum Gasteiger partial charge on any atom is 0.134 e. The third-order valence-electron chi connectivity index (χ3n) is 2.35. The number of rotatable bonds is 6. The van der Waals surface area contributed by atoms with E-state index in [9.17, 15) is 4.39 Å². The molecule has 0 amide bonds. The Balaban J connectivity index is 2.66. The number of halogens is 2. The highest BCUT2D eigenvalue weighted by Crippen LogP contribution is 2.21. The Hall–Kier alpha value is -0.650.